The number of benzene rings is 1. The van der Waals surface area contributed by atoms with E-state index in [4.69, 9.17) is 10.3 Å². The van der Waals surface area contributed by atoms with E-state index in [1.807, 2.05) is 0 Å². The van der Waals surface area contributed by atoms with E-state index in [1.54, 1.807) is 36.6 Å². The minimum Gasteiger partial charge on any atom is -0.469 e. The summed E-state index contributed by atoms with van der Waals surface area (Å²) in [6.45, 7) is 0.259. The van der Waals surface area contributed by atoms with Crippen molar-refractivity contribution in [1.29, 1.82) is 0 Å². The lowest BCUT2D eigenvalue weighted by molar-refractivity contribution is 0.506. The number of sulfonamides is 1. The zero-order valence-corrected chi connectivity index (χ0v) is 11.0. The van der Waals surface area contributed by atoms with Crippen molar-refractivity contribution < 1.29 is 12.8 Å². The Labute approximate surface area is 111 Å². The molecule has 102 valence electrons. The van der Waals surface area contributed by atoms with Crippen molar-refractivity contribution >= 4 is 15.7 Å². The molecule has 0 unspecified atom stereocenters. The lowest BCUT2D eigenvalue weighted by atomic mass is 10.3. The summed E-state index contributed by atoms with van der Waals surface area (Å²) >= 11 is 0. The van der Waals surface area contributed by atoms with Crippen LogP contribution in [0.3, 0.4) is 0 Å². The zero-order chi connectivity index (χ0) is 13.7. The van der Waals surface area contributed by atoms with Gasteiger partial charge in [0.05, 0.1) is 12.0 Å². The molecule has 0 aliphatic heterocycles. The van der Waals surface area contributed by atoms with Gasteiger partial charge in [0.15, 0.2) is 0 Å². The van der Waals surface area contributed by atoms with E-state index >= 15 is 0 Å². The van der Waals surface area contributed by atoms with E-state index in [0.29, 0.717) is 12.1 Å². The number of hydrogen-bond donors (Lipinski definition) is 3. The Kier molecular flexibility index (Phi) is 4.20. The largest absolute Gasteiger partial charge is 0.469 e. The second-order valence-electron chi connectivity index (χ2n) is 3.87. The van der Waals surface area contributed by atoms with E-state index in [9.17, 15) is 8.42 Å². The van der Waals surface area contributed by atoms with Gasteiger partial charge in [-0.05, 0) is 24.3 Å². The molecule has 0 amide bonds. The Morgan fingerprint density at radius 2 is 1.95 bits per heavy atom. The first-order valence-electron chi connectivity index (χ1n) is 5.71. The molecule has 0 aliphatic rings. The molecule has 0 fully saturated rings. The number of nitrogens with one attached hydrogen (secondary N) is 2. The number of nitrogen functional groups attached to an aromatic ring is 1. The van der Waals surface area contributed by atoms with Crippen molar-refractivity contribution in [2.75, 3.05) is 12.0 Å². The summed E-state index contributed by atoms with van der Waals surface area (Å²) in [5.41, 5.74) is 2.72. The number of para-hydroxylation sites is 1. The topological polar surface area (TPSA) is 97.4 Å². The predicted octanol–water partition coefficient (Wildman–Crippen LogP) is 1.09. The predicted molar refractivity (Wildman–Crippen MR) is 71.9 cm³/mol. The average molecular weight is 281 g/mol. The van der Waals surface area contributed by atoms with Crippen LogP contribution in [0.2, 0.25) is 0 Å². The lowest BCUT2D eigenvalue weighted by Crippen LogP contribution is -2.27. The number of rotatable bonds is 6. The molecule has 0 saturated carbocycles. The van der Waals surface area contributed by atoms with Crippen LogP contribution in [0.15, 0.2) is 52.0 Å². The van der Waals surface area contributed by atoms with Crippen molar-refractivity contribution in [1.82, 2.24) is 4.72 Å². The number of nitrogens with two attached hydrogens (primary N) is 1. The lowest BCUT2D eigenvalue weighted by Gasteiger charge is -2.10. The Bertz CT molecular complexity index is 623. The highest BCUT2D eigenvalue weighted by atomic mass is 32.2. The summed E-state index contributed by atoms with van der Waals surface area (Å²) in [4.78, 5) is 0.122. The molecule has 7 heteroatoms. The van der Waals surface area contributed by atoms with Crippen LogP contribution in [-0.2, 0) is 16.4 Å². The highest BCUT2D eigenvalue weighted by Crippen LogP contribution is 2.19. The maximum absolute atomic E-state index is 12.1. The molecule has 0 saturated heterocycles. The van der Waals surface area contributed by atoms with E-state index in [1.165, 1.54) is 6.07 Å². The molecule has 2 rings (SSSR count). The molecule has 4 N–H and O–H groups in total. The van der Waals surface area contributed by atoms with Gasteiger partial charge in [0.25, 0.3) is 0 Å². The normalized spacial score (nSPS) is 11.4. The standard InChI is InChI=1S/C12H15N3O3S/c13-15-11-5-1-2-6-12(11)19(16,17)14-8-7-10-4-3-9-18-10/h1-6,9,14-15H,7-8,13H2. The van der Waals surface area contributed by atoms with E-state index in [2.05, 4.69) is 10.1 Å². The third-order valence-corrected chi connectivity index (χ3v) is 4.09. The molecule has 0 spiro atoms. The van der Waals surface area contributed by atoms with Crippen LogP contribution < -0.4 is 16.0 Å². The van der Waals surface area contributed by atoms with Crippen molar-refractivity contribution in [2.24, 2.45) is 5.84 Å². The fraction of sp³-hybridized carbons (Fsp3) is 0.167. The first-order chi connectivity index (χ1) is 9.13. The quantitative estimate of drug-likeness (QED) is 0.544. The second kappa shape index (κ2) is 5.87. The van der Waals surface area contributed by atoms with Gasteiger partial charge in [-0.15, -0.1) is 0 Å². The van der Waals surface area contributed by atoms with Gasteiger partial charge in [-0.1, -0.05) is 12.1 Å². The van der Waals surface area contributed by atoms with Crippen LogP contribution in [0.1, 0.15) is 5.76 Å². The smallest absolute Gasteiger partial charge is 0.242 e. The van der Waals surface area contributed by atoms with Crippen molar-refractivity contribution in [2.45, 2.75) is 11.3 Å². The minimum absolute atomic E-state index is 0.122. The van der Waals surface area contributed by atoms with E-state index in [0.717, 1.165) is 5.76 Å². The van der Waals surface area contributed by atoms with Gasteiger partial charge in [-0.2, -0.15) is 0 Å². The Hall–Kier alpha value is -1.83. The molecule has 1 aromatic heterocycles. The van der Waals surface area contributed by atoms with Crippen molar-refractivity contribution in [3.8, 4) is 0 Å². The van der Waals surface area contributed by atoms with Crippen LogP contribution in [0.25, 0.3) is 0 Å². The van der Waals surface area contributed by atoms with Gasteiger partial charge in [-0.25, -0.2) is 13.1 Å². The van der Waals surface area contributed by atoms with Crippen LogP contribution in [-0.4, -0.2) is 15.0 Å². The Balaban J connectivity index is 2.05. The van der Waals surface area contributed by atoms with Crippen LogP contribution >= 0.6 is 0 Å². The highest BCUT2D eigenvalue weighted by Gasteiger charge is 2.17. The molecular weight excluding hydrogens is 266 g/mol. The maximum Gasteiger partial charge on any atom is 0.242 e. The molecule has 0 aliphatic carbocycles. The summed E-state index contributed by atoms with van der Waals surface area (Å²) < 4.78 is 31.8. The second-order valence-corrected chi connectivity index (χ2v) is 5.60. The summed E-state index contributed by atoms with van der Waals surface area (Å²) in [5.74, 6) is 6.03. The zero-order valence-electron chi connectivity index (χ0n) is 10.2. The first-order valence-corrected chi connectivity index (χ1v) is 7.19. The van der Waals surface area contributed by atoms with Crippen molar-refractivity contribution in [3.05, 3.63) is 48.4 Å². The first kappa shape index (κ1) is 13.6. The molecule has 0 atom stereocenters. The molecule has 0 radical (unpaired) electrons. The number of furan rings is 1. The molecule has 1 aromatic carbocycles. The summed E-state index contributed by atoms with van der Waals surface area (Å²) in [6, 6.07) is 9.99. The van der Waals surface area contributed by atoms with E-state index < -0.39 is 10.0 Å². The fourth-order valence-corrected chi connectivity index (χ4v) is 2.86. The van der Waals surface area contributed by atoms with Gasteiger partial charge in [0.1, 0.15) is 10.7 Å². The number of hydrazine groups is 1. The highest BCUT2D eigenvalue weighted by molar-refractivity contribution is 7.89. The van der Waals surface area contributed by atoms with Gasteiger partial charge in [0, 0.05) is 13.0 Å². The third kappa shape index (κ3) is 3.34. The summed E-state index contributed by atoms with van der Waals surface area (Å²) in [6.07, 6.45) is 2.04. The summed E-state index contributed by atoms with van der Waals surface area (Å²) in [5, 5.41) is 0. The average Bonchev–Trinajstić information content (AvgIpc) is 2.91. The van der Waals surface area contributed by atoms with Gasteiger partial charge >= 0.3 is 0 Å². The van der Waals surface area contributed by atoms with Crippen molar-refractivity contribution in [3.63, 3.8) is 0 Å². The van der Waals surface area contributed by atoms with Gasteiger partial charge in [0.2, 0.25) is 10.0 Å². The minimum atomic E-state index is -3.59. The van der Waals surface area contributed by atoms with Gasteiger partial charge in [-0.3, -0.25) is 5.84 Å². The molecule has 6 nitrogen and oxygen atoms in total. The van der Waals surface area contributed by atoms with Crippen LogP contribution in [0.5, 0.6) is 0 Å². The number of hydrogen-bond acceptors (Lipinski definition) is 5. The van der Waals surface area contributed by atoms with Crippen LogP contribution in [0.4, 0.5) is 5.69 Å². The maximum atomic E-state index is 12.1. The monoisotopic (exact) mass is 281 g/mol. The summed E-state index contributed by atoms with van der Waals surface area (Å²) in [7, 11) is -3.59. The molecule has 19 heavy (non-hydrogen) atoms. The molecular formula is C12H15N3O3S. The third-order valence-electron chi connectivity index (χ3n) is 2.58. The van der Waals surface area contributed by atoms with E-state index in [-0.39, 0.29) is 11.4 Å². The fourth-order valence-electron chi connectivity index (χ4n) is 1.66. The van der Waals surface area contributed by atoms with Crippen LogP contribution in [0, 0.1) is 0 Å². The Morgan fingerprint density at radius 1 is 1.16 bits per heavy atom. The Morgan fingerprint density at radius 3 is 2.63 bits per heavy atom. The number of anilines is 1. The van der Waals surface area contributed by atoms with Gasteiger partial charge < -0.3 is 9.84 Å². The molecule has 1 heterocycles. The molecule has 2 aromatic rings. The SMILES string of the molecule is NNc1ccccc1S(=O)(=O)NCCc1ccco1. The molecule has 0 bridgehead atoms.